The molecule has 3 unspecified atom stereocenters. The maximum atomic E-state index is 13.4. The normalized spacial score (nSPS) is 22.2. The molecule has 4 heterocycles. The van der Waals surface area contributed by atoms with Crippen LogP contribution in [0.25, 0.3) is 11.0 Å². The van der Waals surface area contributed by atoms with E-state index in [0.717, 1.165) is 49.3 Å². The molecule has 10 nitrogen and oxygen atoms in total. The first-order chi connectivity index (χ1) is 19.9. The standard InChI is InChI=1S/C31H45N5O5/c1-32-30(39)27(10-5-19-37)36-26-9-3-8-25(29(26)33(2)31(36)40)22-14-17-34(18-15-22)28(38)11-6-20-41-21-24-13-12-23-7-4-16-35(23)24/h3,8-9,19,22-24,27H,4-7,10-18,20-21H2,1-2H3,(H,32,39). The number of nitrogens with zero attached hydrogens (tertiary/aromatic N) is 4. The number of ether oxygens (including phenoxy) is 1. The van der Waals surface area contributed by atoms with E-state index >= 15 is 0 Å². The second kappa shape index (κ2) is 13.3. The number of aryl methyl sites for hydroxylation is 1. The van der Waals surface area contributed by atoms with Gasteiger partial charge in [-0.1, -0.05) is 12.1 Å². The Balaban J connectivity index is 1.16. The third-order valence-electron chi connectivity index (χ3n) is 9.55. The van der Waals surface area contributed by atoms with Gasteiger partial charge in [-0.15, -0.1) is 0 Å². The van der Waals surface area contributed by atoms with Crippen molar-refractivity contribution < 1.29 is 19.1 Å². The molecule has 3 aliphatic heterocycles. The van der Waals surface area contributed by atoms with Crippen molar-refractivity contribution >= 4 is 29.1 Å². The lowest BCUT2D eigenvalue weighted by Crippen LogP contribution is -2.38. The second-order valence-electron chi connectivity index (χ2n) is 11.9. The summed E-state index contributed by atoms with van der Waals surface area (Å²) in [5.74, 6) is 0.109. The van der Waals surface area contributed by atoms with Crippen LogP contribution in [0.1, 0.15) is 81.7 Å². The Bertz CT molecular complexity index is 1290. The lowest BCUT2D eigenvalue weighted by molar-refractivity contribution is -0.132. The van der Waals surface area contributed by atoms with Crippen molar-refractivity contribution in [3.8, 4) is 0 Å². The third kappa shape index (κ3) is 6.14. The van der Waals surface area contributed by atoms with Gasteiger partial charge in [0.15, 0.2) is 0 Å². The minimum absolute atomic E-state index is 0.188. The van der Waals surface area contributed by atoms with E-state index in [2.05, 4.69) is 16.3 Å². The Morgan fingerprint density at radius 1 is 1.12 bits per heavy atom. The van der Waals surface area contributed by atoms with Gasteiger partial charge in [-0.05, 0) is 75.5 Å². The minimum Gasteiger partial charge on any atom is -0.380 e. The maximum Gasteiger partial charge on any atom is 0.329 e. The lowest BCUT2D eigenvalue weighted by Gasteiger charge is -2.32. The number of imidazole rings is 1. The molecular formula is C31H45N5O5. The molecule has 3 saturated heterocycles. The molecule has 0 aliphatic carbocycles. The van der Waals surface area contributed by atoms with Crippen molar-refractivity contribution in [3.63, 3.8) is 0 Å². The van der Waals surface area contributed by atoms with Gasteiger partial charge >= 0.3 is 5.69 Å². The van der Waals surface area contributed by atoms with Crippen molar-refractivity contribution in [2.45, 2.75) is 88.3 Å². The number of carbonyl (C=O) groups is 3. The van der Waals surface area contributed by atoms with Crippen molar-refractivity contribution in [1.29, 1.82) is 0 Å². The second-order valence-corrected chi connectivity index (χ2v) is 11.9. The molecule has 41 heavy (non-hydrogen) atoms. The van der Waals surface area contributed by atoms with Crippen LogP contribution in [0.4, 0.5) is 0 Å². The number of likely N-dealkylation sites (N-methyl/N-ethyl adjacent to an activating group) is 1. The molecule has 10 heteroatoms. The number of fused-ring (bicyclic) bond motifs is 2. The molecule has 224 valence electrons. The van der Waals surface area contributed by atoms with E-state index in [1.807, 2.05) is 17.0 Å². The number of hydrogen-bond donors (Lipinski definition) is 1. The average molecular weight is 568 g/mol. The molecule has 3 atom stereocenters. The van der Waals surface area contributed by atoms with E-state index in [9.17, 15) is 19.2 Å². The summed E-state index contributed by atoms with van der Waals surface area (Å²) in [6, 6.07) is 6.44. The Hall–Kier alpha value is -2.98. The largest absolute Gasteiger partial charge is 0.380 e. The summed E-state index contributed by atoms with van der Waals surface area (Å²) in [6.45, 7) is 4.00. The zero-order valence-electron chi connectivity index (χ0n) is 24.6. The van der Waals surface area contributed by atoms with Gasteiger partial charge in [0.1, 0.15) is 12.3 Å². The first-order valence-electron chi connectivity index (χ1n) is 15.4. The van der Waals surface area contributed by atoms with Gasteiger partial charge in [-0.2, -0.15) is 0 Å². The summed E-state index contributed by atoms with van der Waals surface area (Å²) in [7, 11) is 3.28. The summed E-state index contributed by atoms with van der Waals surface area (Å²) in [6.07, 6.45) is 9.32. The number of nitrogens with one attached hydrogen (secondary N) is 1. The summed E-state index contributed by atoms with van der Waals surface area (Å²) in [5.41, 5.74) is 2.32. The molecule has 2 aromatic rings. The molecule has 2 amide bonds. The van der Waals surface area contributed by atoms with E-state index < -0.39 is 6.04 Å². The SMILES string of the molecule is CNC(=O)C(CCC=O)n1c(=O)n(C)c2c(C3CCN(C(=O)CCCOCC4CCC5CCCN54)CC3)cccc21. The van der Waals surface area contributed by atoms with Gasteiger partial charge < -0.3 is 19.7 Å². The zero-order chi connectivity index (χ0) is 28.9. The topological polar surface area (TPSA) is 106 Å². The highest BCUT2D eigenvalue weighted by Gasteiger charge is 2.36. The lowest BCUT2D eigenvalue weighted by atomic mass is 9.88. The summed E-state index contributed by atoms with van der Waals surface area (Å²) < 4.78 is 9.12. The van der Waals surface area contributed by atoms with Crippen LogP contribution >= 0.6 is 0 Å². The predicted molar refractivity (Wildman–Crippen MR) is 157 cm³/mol. The van der Waals surface area contributed by atoms with Gasteiger partial charge in [0.25, 0.3) is 0 Å². The Morgan fingerprint density at radius 2 is 1.93 bits per heavy atom. The fourth-order valence-corrected chi connectivity index (χ4v) is 7.39. The summed E-state index contributed by atoms with van der Waals surface area (Å²) in [4.78, 5) is 54.6. The van der Waals surface area contributed by atoms with Crippen LogP contribution in [0.2, 0.25) is 0 Å². The fraction of sp³-hybridized carbons (Fsp3) is 0.677. The Labute approximate surface area is 242 Å². The molecule has 0 bridgehead atoms. The highest BCUT2D eigenvalue weighted by molar-refractivity contribution is 5.86. The molecule has 3 fully saturated rings. The number of benzene rings is 1. The monoisotopic (exact) mass is 567 g/mol. The van der Waals surface area contributed by atoms with Crippen LogP contribution in [-0.4, -0.2) is 89.0 Å². The molecule has 5 rings (SSSR count). The minimum atomic E-state index is -0.754. The molecule has 0 saturated carbocycles. The number of aldehydes is 1. The molecule has 0 spiro atoms. The van der Waals surface area contributed by atoms with Crippen LogP contribution in [0.3, 0.4) is 0 Å². The summed E-state index contributed by atoms with van der Waals surface area (Å²) >= 11 is 0. The van der Waals surface area contributed by atoms with Gasteiger partial charge in [-0.3, -0.25) is 23.6 Å². The highest BCUT2D eigenvalue weighted by Crippen LogP contribution is 2.34. The first-order valence-corrected chi connectivity index (χ1v) is 15.4. The van der Waals surface area contributed by atoms with E-state index in [4.69, 9.17) is 4.74 Å². The number of amides is 2. The van der Waals surface area contributed by atoms with E-state index in [-0.39, 0.29) is 36.3 Å². The fourth-order valence-electron chi connectivity index (χ4n) is 7.39. The van der Waals surface area contributed by atoms with Crippen molar-refractivity contribution in [3.05, 3.63) is 34.2 Å². The van der Waals surface area contributed by atoms with Crippen molar-refractivity contribution in [2.24, 2.45) is 7.05 Å². The van der Waals surface area contributed by atoms with Crippen LogP contribution in [0.15, 0.2) is 23.0 Å². The maximum absolute atomic E-state index is 13.4. The average Bonchev–Trinajstić information content (AvgIpc) is 3.68. The number of rotatable bonds is 12. The first kappa shape index (κ1) is 29.5. The third-order valence-corrected chi connectivity index (χ3v) is 9.55. The van der Waals surface area contributed by atoms with Crippen LogP contribution in [0.5, 0.6) is 0 Å². The van der Waals surface area contributed by atoms with Crippen LogP contribution in [0, 0.1) is 0 Å². The van der Waals surface area contributed by atoms with E-state index in [1.54, 1.807) is 18.7 Å². The molecule has 3 aliphatic rings. The van der Waals surface area contributed by atoms with E-state index in [0.29, 0.717) is 37.7 Å². The molecule has 0 radical (unpaired) electrons. The van der Waals surface area contributed by atoms with Crippen molar-refractivity contribution in [1.82, 2.24) is 24.3 Å². The number of carbonyl (C=O) groups excluding carboxylic acids is 3. The number of para-hydroxylation sites is 1. The van der Waals surface area contributed by atoms with Crippen LogP contribution < -0.4 is 11.0 Å². The van der Waals surface area contributed by atoms with Gasteiger partial charge in [0.2, 0.25) is 11.8 Å². The van der Waals surface area contributed by atoms with Crippen molar-refractivity contribution in [2.75, 3.05) is 39.9 Å². The van der Waals surface area contributed by atoms with E-state index in [1.165, 1.54) is 36.8 Å². The van der Waals surface area contributed by atoms with Crippen LogP contribution in [-0.2, 0) is 26.2 Å². The number of hydrogen-bond acceptors (Lipinski definition) is 6. The molecular weight excluding hydrogens is 522 g/mol. The summed E-state index contributed by atoms with van der Waals surface area (Å²) in [5, 5.41) is 2.64. The number of aromatic nitrogens is 2. The van der Waals surface area contributed by atoms with Gasteiger partial charge in [-0.25, -0.2) is 4.79 Å². The zero-order valence-corrected chi connectivity index (χ0v) is 24.6. The molecule has 1 N–H and O–H groups in total. The smallest absolute Gasteiger partial charge is 0.329 e. The quantitative estimate of drug-likeness (QED) is 0.312. The molecule has 1 aromatic heterocycles. The van der Waals surface area contributed by atoms with Gasteiger partial charge in [0.05, 0.1) is 17.6 Å². The molecule has 1 aromatic carbocycles. The number of piperidine rings is 1. The Morgan fingerprint density at radius 3 is 2.68 bits per heavy atom. The predicted octanol–water partition coefficient (Wildman–Crippen LogP) is 2.74. The highest BCUT2D eigenvalue weighted by atomic mass is 16.5. The number of likely N-dealkylation sites (tertiary alicyclic amines) is 1. The van der Waals surface area contributed by atoms with Gasteiger partial charge in [0, 0.05) is 58.7 Å². The Kier molecular flexibility index (Phi) is 9.60.